The number of carbonyl (C=O) groups is 1. The summed E-state index contributed by atoms with van der Waals surface area (Å²) >= 11 is 0. The molecule has 0 unspecified atom stereocenters. The fraction of sp³-hybridized carbons (Fsp3) is 0.976. The van der Waals surface area contributed by atoms with E-state index in [9.17, 15) is 38.7 Å². The van der Waals surface area contributed by atoms with Gasteiger partial charge >= 0.3 is 5.97 Å². The first-order chi connectivity index (χ1) is 27.7. The molecule has 18 atom stereocenters. The number of aliphatic hydroxyl groups excluding tert-OH is 2. The van der Waals surface area contributed by atoms with Gasteiger partial charge in [0.05, 0.1) is 42.0 Å². The molecule has 8 N–H and O–H groups in total. The highest BCUT2D eigenvalue weighted by molar-refractivity contribution is 7.87. The highest BCUT2D eigenvalue weighted by Crippen LogP contribution is 2.43. The lowest BCUT2D eigenvalue weighted by molar-refractivity contribution is -0.336. The smallest absolute Gasteiger partial charge is 0.311 e. The van der Waals surface area contributed by atoms with Crippen molar-refractivity contribution in [3.8, 4) is 0 Å². The fourth-order valence-electron chi connectivity index (χ4n) is 9.38. The summed E-state index contributed by atoms with van der Waals surface area (Å²) in [7, 11) is 0.142. The van der Waals surface area contributed by atoms with Crippen LogP contribution in [0.25, 0.3) is 0 Å². The molecule has 60 heavy (non-hydrogen) atoms. The summed E-state index contributed by atoms with van der Waals surface area (Å²) in [5, 5.41) is 66.0. The van der Waals surface area contributed by atoms with Crippen molar-refractivity contribution in [2.75, 3.05) is 40.8 Å². The molecule has 19 heteroatoms. The summed E-state index contributed by atoms with van der Waals surface area (Å²) in [5.41, 5.74) is -6.27. The monoisotopic (exact) mass is 885 g/mol. The number of cyclic esters (lactones) is 1. The average Bonchev–Trinajstić information content (AvgIpc) is 3.18. The molecule has 3 aliphatic heterocycles. The maximum Gasteiger partial charge on any atom is 0.311 e. The lowest BCUT2D eigenvalue weighted by atomic mass is 9.75. The molecule has 3 saturated heterocycles. The summed E-state index contributed by atoms with van der Waals surface area (Å²) in [4.78, 5) is 14.4. The van der Waals surface area contributed by atoms with Gasteiger partial charge in [-0.3, -0.25) is 4.79 Å². The SMILES string of the molecule is CCCNC[C@]1(O)[C@H](C)O[C@@H](O[C@H]2[C@H](C)[C@@H](O[C@@H]3O[C@H](C)C[C@H](N(C)S(=O)(=O)NC)[C@H]3O)[C@](C)(O)C[C@@H](C)CN[C@H](C)[C@@H](O)[C@](C)(O)[C@@H](CC)OC(=O)[C@@H]2C)C[C@@]1(C)OC. The van der Waals surface area contributed by atoms with Crippen molar-refractivity contribution < 1.29 is 67.2 Å². The Bertz CT molecular complexity index is 1480. The molecule has 0 radical (unpaired) electrons. The third-order valence-corrected chi connectivity index (χ3v) is 15.0. The van der Waals surface area contributed by atoms with Crippen LogP contribution in [0.5, 0.6) is 0 Å². The Balaban J connectivity index is 2.19. The molecule has 0 aromatic carbocycles. The zero-order valence-corrected chi connectivity index (χ0v) is 39.3. The third kappa shape index (κ3) is 11.8. The summed E-state index contributed by atoms with van der Waals surface area (Å²) in [6.45, 7) is 20.0. The van der Waals surface area contributed by atoms with Gasteiger partial charge in [0, 0.05) is 46.1 Å². The number of nitrogens with one attached hydrogen (secondary N) is 3. The number of hydrogen-bond acceptors (Lipinski definition) is 16. The molecule has 0 spiro atoms. The van der Waals surface area contributed by atoms with Gasteiger partial charge in [-0.1, -0.05) is 27.7 Å². The zero-order chi connectivity index (χ0) is 45.8. The molecule has 0 amide bonds. The summed E-state index contributed by atoms with van der Waals surface area (Å²) in [6, 6.07) is -1.62. The van der Waals surface area contributed by atoms with Crippen LogP contribution in [0, 0.1) is 17.8 Å². The molecule has 3 rings (SSSR count). The van der Waals surface area contributed by atoms with Crippen LogP contribution < -0.4 is 15.4 Å². The average molecular weight is 885 g/mol. The van der Waals surface area contributed by atoms with Crippen LogP contribution in [0.2, 0.25) is 0 Å². The highest BCUT2D eigenvalue weighted by atomic mass is 32.2. The largest absolute Gasteiger partial charge is 0.459 e. The maximum atomic E-state index is 14.4. The number of methoxy groups -OCH3 is 1. The van der Waals surface area contributed by atoms with Crippen LogP contribution in [0.3, 0.4) is 0 Å². The molecular formula is C41H80N4O14S. The number of ether oxygens (including phenoxy) is 6. The number of likely N-dealkylation sites (N-methyl/N-ethyl adjacent to an activating group) is 1. The van der Waals surface area contributed by atoms with E-state index in [-0.39, 0.29) is 38.1 Å². The van der Waals surface area contributed by atoms with Crippen LogP contribution in [-0.2, 0) is 43.4 Å². The van der Waals surface area contributed by atoms with Crippen molar-refractivity contribution in [2.24, 2.45) is 17.8 Å². The van der Waals surface area contributed by atoms with Gasteiger partial charge < -0.3 is 64.6 Å². The Morgan fingerprint density at radius 1 is 0.983 bits per heavy atom. The van der Waals surface area contributed by atoms with E-state index in [0.29, 0.717) is 13.1 Å². The van der Waals surface area contributed by atoms with Crippen molar-refractivity contribution in [3.05, 3.63) is 0 Å². The van der Waals surface area contributed by atoms with Crippen LogP contribution in [0.15, 0.2) is 0 Å². The minimum atomic E-state index is -3.98. The molecule has 0 aliphatic carbocycles. The van der Waals surface area contributed by atoms with E-state index >= 15 is 0 Å². The van der Waals surface area contributed by atoms with Gasteiger partial charge in [-0.05, 0) is 93.2 Å². The van der Waals surface area contributed by atoms with Gasteiger partial charge in [-0.15, -0.1) is 0 Å². The third-order valence-electron chi connectivity index (χ3n) is 13.5. The molecule has 0 aromatic heterocycles. The van der Waals surface area contributed by atoms with Crippen LogP contribution in [0.4, 0.5) is 0 Å². The second-order valence-corrected chi connectivity index (χ2v) is 20.4. The molecule has 3 fully saturated rings. The first kappa shape index (κ1) is 53.2. The molecule has 3 aliphatic rings. The van der Waals surface area contributed by atoms with E-state index in [1.165, 1.54) is 28.1 Å². The minimum Gasteiger partial charge on any atom is -0.459 e. The first-order valence-corrected chi connectivity index (χ1v) is 23.1. The van der Waals surface area contributed by atoms with Crippen molar-refractivity contribution in [2.45, 2.75) is 198 Å². The Kier molecular flexibility index (Phi) is 18.8. The Hall–Kier alpha value is -1.14. The summed E-state index contributed by atoms with van der Waals surface area (Å²) in [6.07, 6.45) is -9.03. The van der Waals surface area contributed by atoms with E-state index in [1.54, 1.807) is 55.4 Å². The molecule has 0 aromatic rings. The number of esters is 1. The van der Waals surface area contributed by atoms with Crippen LogP contribution in [-0.4, -0.2) is 175 Å². The zero-order valence-electron chi connectivity index (χ0n) is 38.5. The topological polar surface area (TPSA) is 247 Å². The standard InChI is InChI=1S/C41H80N4O14S/c1-15-17-43-22-41(51)28(8)56-31(20-39(41,10)54-14)58-33-25(5)35(59-37-32(46)29(18-24(4)55-37)45(13)60(52,53)42-12)38(9,49)19-23(3)21-44-27(7)34(47)40(11,50)30(16-2)57-36(48)26(33)6/h23-35,37,42-44,46-47,49-51H,15-22H2,1-14H3/t23-,24-,25+,26-,27-,28+,29+,30-,31+,32-,33+,34-,35-,37+,38-,39-,40-,41+/m1/s1. The second kappa shape index (κ2) is 21.2. The number of aliphatic hydroxyl groups is 5. The van der Waals surface area contributed by atoms with Crippen molar-refractivity contribution in [3.63, 3.8) is 0 Å². The van der Waals surface area contributed by atoms with Crippen molar-refractivity contribution >= 4 is 16.2 Å². The van der Waals surface area contributed by atoms with E-state index in [2.05, 4.69) is 15.4 Å². The molecule has 354 valence electrons. The lowest BCUT2D eigenvalue weighted by Crippen LogP contribution is -2.70. The number of rotatable bonds is 13. The van der Waals surface area contributed by atoms with E-state index in [4.69, 9.17) is 28.4 Å². The predicted molar refractivity (Wildman–Crippen MR) is 224 cm³/mol. The minimum absolute atomic E-state index is 0.0278. The van der Waals surface area contributed by atoms with Gasteiger partial charge in [0.25, 0.3) is 10.2 Å². The molecular weight excluding hydrogens is 805 g/mol. The Morgan fingerprint density at radius 2 is 1.62 bits per heavy atom. The molecule has 3 heterocycles. The first-order valence-electron chi connectivity index (χ1n) is 21.7. The van der Waals surface area contributed by atoms with E-state index in [0.717, 1.165) is 10.7 Å². The predicted octanol–water partition coefficient (Wildman–Crippen LogP) is 0.763. The van der Waals surface area contributed by atoms with Crippen LogP contribution >= 0.6 is 0 Å². The molecule has 0 bridgehead atoms. The quantitative estimate of drug-likeness (QED) is 0.0940. The fourth-order valence-corrected chi connectivity index (χ4v) is 10.2. The maximum absolute atomic E-state index is 14.4. The summed E-state index contributed by atoms with van der Waals surface area (Å²) in [5.74, 6) is -3.08. The van der Waals surface area contributed by atoms with Gasteiger partial charge in [0.2, 0.25) is 0 Å². The highest BCUT2D eigenvalue weighted by Gasteiger charge is 2.58. The summed E-state index contributed by atoms with van der Waals surface area (Å²) < 4.78 is 67.2. The Labute approximate surface area is 358 Å². The Morgan fingerprint density at radius 3 is 2.18 bits per heavy atom. The second-order valence-electron chi connectivity index (χ2n) is 18.5. The van der Waals surface area contributed by atoms with E-state index < -0.39 is 118 Å². The molecule has 0 saturated carbocycles. The van der Waals surface area contributed by atoms with Crippen LogP contribution in [0.1, 0.15) is 108 Å². The van der Waals surface area contributed by atoms with E-state index in [1.807, 2.05) is 13.8 Å². The van der Waals surface area contributed by atoms with Gasteiger partial charge in [0.15, 0.2) is 12.6 Å². The van der Waals surface area contributed by atoms with Crippen molar-refractivity contribution in [1.29, 1.82) is 0 Å². The molecule has 18 nitrogen and oxygen atoms in total. The van der Waals surface area contributed by atoms with Crippen molar-refractivity contribution in [1.82, 2.24) is 19.7 Å². The van der Waals surface area contributed by atoms with Gasteiger partial charge in [0.1, 0.15) is 35.1 Å². The van der Waals surface area contributed by atoms with Gasteiger partial charge in [-0.25, -0.2) is 4.72 Å². The van der Waals surface area contributed by atoms with Gasteiger partial charge in [-0.2, -0.15) is 12.7 Å². The normalized spacial score (nSPS) is 45.8. The number of hydrogen-bond donors (Lipinski definition) is 8. The number of nitrogens with zero attached hydrogens (tertiary/aromatic N) is 1. The lowest BCUT2D eigenvalue weighted by Gasteiger charge is -2.53. The number of carbonyl (C=O) groups excluding carboxylic acids is 1.